The second kappa shape index (κ2) is 5.50. The molecule has 0 radical (unpaired) electrons. The van der Waals surface area contributed by atoms with E-state index in [4.69, 9.17) is 5.73 Å². The zero-order chi connectivity index (χ0) is 15.0. The van der Waals surface area contributed by atoms with Gasteiger partial charge in [-0.15, -0.1) is 0 Å². The quantitative estimate of drug-likeness (QED) is 0.834. The minimum Gasteiger partial charge on any atom is -0.507 e. The highest BCUT2D eigenvalue weighted by Gasteiger charge is 2.27. The number of hydrogen-bond acceptors (Lipinski definition) is 3. The van der Waals surface area contributed by atoms with Crippen LogP contribution in [0.2, 0.25) is 0 Å². The Morgan fingerprint density at radius 2 is 2.05 bits per heavy atom. The first-order chi connectivity index (χ1) is 10.1. The third-order valence-electron chi connectivity index (χ3n) is 3.62. The standard InChI is InChI=1S/C16H15BrN2O2/c17-13-6-5-11(8-15(13)20)16(21)19-9-12(18)7-10-3-1-2-4-14(10)19/h1-6,8,12,20H,7,9,18H2. The monoisotopic (exact) mass is 346 g/mol. The topological polar surface area (TPSA) is 66.6 Å². The molecule has 108 valence electrons. The van der Waals surface area contributed by atoms with Crippen LogP contribution in [-0.4, -0.2) is 23.6 Å². The van der Waals surface area contributed by atoms with Crippen LogP contribution in [-0.2, 0) is 6.42 Å². The number of hydrogen-bond donors (Lipinski definition) is 2. The average Bonchev–Trinajstić information content (AvgIpc) is 2.48. The van der Waals surface area contributed by atoms with Gasteiger partial charge in [0.15, 0.2) is 0 Å². The van der Waals surface area contributed by atoms with Crippen molar-refractivity contribution >= 4 is 27.5 Å². The van der Waals surface area contributed by atoms with Crippen molar-refractivity contribution in [3.8, 4) is 5.75 Å². The number of halogens is 1. The number of phenolic OH excluding ortho intramolecular Hbond substituents is 1. The molecule has 4 nitrogen and oxygen atoms in total. The third kappa shape index (κ3) is 2.66. The summed E-state index contributed by atoms with van der Waals surface area (Å²) in [5.41, 5.74) is 8.47. The number of carbonyl (C=O) groups is 1. The van der Waals surface area contributed by atoms with Crippen LogP contribution < -0.4 is 10.6 Å². The number of amides is 1. The average molecular weight is 347 g/mol. The van der Waals surface area contributed by atoms with E-state index in [2.05, 4.69) is 15.9 Å². The van der Waals surface area contributed by atoms with Gasteiger partial charge >= 0.3 is 0 Å². The molecule has 1 heterocycles. The zero-order valence-corrected chi connectivity index (χ0v) is 12.9. The number of para-hydroxylation sites is 1. The van der Waals surface area contributed by atoms with Gasteiger partial charge in [-0.3, -0.25) is 4.79 Å². The Hall–Kier alpha value is -1.85. The van der Waals surface area contributed by atoms with Crippen molar-refractivity contribution in [2.24, 2.45) is 5.73 Å². The lowest BCUT2D eigenvalue weighted by Crippen LogP contribution is -2.46. The molecule has 2 aromatic rings. The van der Waals surface area contributed by atoms with Crippen molar-refractivity contribution in [3.05, 3.63) is 58.1 Å². The zero-order valence-electron chi connectivity index (χ0n) is 11.3. The van der Waals surface area contributed by atoms with Crippen LogP contribution in [0.5, 0.6) is 5.75 Å². The molecule has 1 atom stereocenters. The summed E-state index contributed by atoms with van der Waals surface area (Å²) in [5, 5.41) is 9.75. The molecule has 1 unspecified atom stereocenters. The summed E-state index contributed by atoms with van der Waals surface area (Å²) >= 11 is 3.21. The maximum absolute atomic E-state index is 12.7. The van der Waals surface area contributed by atoms with Gasteiger partial charge in [0, 0.05) is 23.8 Å². The Labute approximate surface area is 131 Å². The van der Waals surface area contributed by atoms with E-state index in [1.807, 2.05) is 24.3 Å². The summed E-state index contributed by atoms with van der Waals surface area (Å²) in [5.74, 6) is -0.101. The normalized spacial score (nSPS) is 17.4. The predicted octanol–water partition coefficient (Wildman–Crippen LogP) is 2.68. The molecule has 0 aromatic heterocycles. The molecule has 1 amide bonds. The highest BCUT2D eigenvalue weighted by atomic mass is 79.9. The maximum atomic E-state index is 12.7. The minimum absolute atomic E-state index is 0.0513. The van der Waals surface area contributed by atoms with Gasteiger partial charge < -0.3 is 15.7 Å². The molecule has 0 aliphatic carbocycles. The number of anilines is 1. The molecule has 0 saturated carbocycles. The van der Waals surface area contributed by atoms with Gasteiger partial charge in [0.2, 0.25) is 0 Å². The first kappa shape index (κ1) is 14.1. The number of nitrogens with two attached hydrogens (primary N) is 1. The predicted molar refractivity (Wildman–Crippen MR) is 85.6 cm³/mol. The number of aromatic hydroxyl groups is 1. The Morgan fingerprint density at radius 3 is 2.81 bits per heavy atom. The fourth-order valence-electron chi connectivity index (χ4n) is 2.62. The fraction of sp³-hybridized carbons (Fsp3) is 0.188. The van der Waals surface area contributed by atoms with Gasteiger partial charge in [-0.25, -0.2) is 0 Å². The van der Waals surface area contributed by atoms with E-state index in [1.165, 1.54) is 6.07 Å². The van der Waals surface area contributed by atoms with Crippen LogP contribution in [0.3, 0.4) is 0 Å². The molecule has 3 N–H and O–H groups in total. The number of fused-ring (bicyclic) bond motifs is 1. The van der Waals surface area contributed by atoms with Crippen molar-refractivity contribution in [2.75, 3.05) is 11.4 Å². The molecule has 3 rings (SSSR count). The lowest BCUT2D eigenvalue weighted by molar-refractivity contribution is 0.0983. The van der Waals surface area contributed by atoms with Crippen LogP contribution in [0.4, 0.5) is 5.69 Å². The van der Waals surface area contributed by atoms with E-state index >= 15 is 0 Å². The number of benzene rings is 2. The molecule has 1 aliphatic rings. The van der Waals surface area contributed by atoms with Gasteiger partial charge in [0.25, 0.3) is 5.91 Å². The first-order valence-electron chi connectivity index (χ1n) is 6.70. The lowest BCUT2D eigenvalue weighted by Gasteiger charge is -2.33. The maximum Gasteiger partial charge on any atom is 0.258 e. The van der Waals surface area contributed by atoms with E-state index in [0.717, 1.165) is 17.7 Å². The van der Waals surface area contributed by atoms with Crippen LogP contribution in [0, 0.1) is 0 Å². The second-order valence-electron chi connectivity index (χ2n) is 5.17. The smallest absolute Gasteiger partial charge is 0.258 e. The van der Waals surface area contributed by atoms with E-state index < -0.39 is 0 Å². The Kier molecular flexibility index (Phi) is 3.69. The SMILES string of the molecule is NC1Cc2ccccc2N(C(=O)c2ccc(Br)c(O)c2)C1. The second-order valence-corrected chi connectivity index (χ2v) is 6.03. The van der Waals surface area contributed by atoms with Gasteiger partial charge in [-0.05, 0) is 52.2 Å². The molecule has 0 bridgehead atoms. The highest BCUT2D eigenvalue weighted by molar-refractivity contribution is 9.10. The molecular weight excluding hydrogens is 332 g/mol. The minimum atomic E-state index is -0.152. The van der Waals surface area contributed by atoms with Crippen LogP contribution in [0.15, 0.2) is 46.9 Å². The molecule has 2 aromatic carbocycles. The molecular formula is C16H15BrN2O2. The van der Waals surface area contributed by atoms with Gasteiger partial charge in [0.1, 0.15) is 5.75 Å². The van der Waals surface area contributed by atoms with Crippen molar-refractivity contribution in [3.63, 3.8) is 0 Å². The van der Waals surface area contributed by atoms with Crippen molar-refractivity contribution in [1.82, 2.24) is 0 Å². The summed E-state index contributed by atoms with van der Waals surface area (Å²) in [4.78, 5) is 14.4. The number of carbonyl (C=O) groups excluding carboxylic acids is 1. The van der Waals surface area contributed by atoms with Crippen molar-refractivity contribution in [1.29, 1.82) is 0 Å². The largest absolute Gasteiger partial charge is 0.507 e. The Bertz CT molecular complexity index is 702. The Morgan fingerprint density at radius 1 is 1.29 bits per heavy atom. The number of phenols is 1. The van der Waals surface area contributed by atoms with E-state index in [0.29, 0.717) is 16.6 Å². The summed E-state index contributed by atoms with van der Waals surface area (Å²) in [6, 6.07) is 12.5. The number of nitrogens with zero attached hydrogens (tertiary/aromatic N) is 1. The van der Waals surface area contributed by atoms with E-state index in [9.17, 15) is 9.90 Å². The summed E-state index contributed by atoms with van der Waals surface area (Å²) < 4.78 is 0.565. The van der Waals surface area contributed by atoms with Crippen molar-refractivity contribution in [2.45, 2.75) is 12.5 Å². The summed E-state index contributed by atoms with van der Waals surface area (Å²) in [7, 11) is 0. The highest BCUT2D eigenvalue weighted by Crippen LogP contribution is 2.30. The summed E-state index contributed by atoms with van der Waals surface area (Å²) in [6.45, 7) is 0.479. The van der Waals surface area contributed by atoms with Gasteiger partial charge in [-0.2, -0.15) is 0 Å². The third-order valence-corrected chi connectivity index (χ3v) is 4.29. The molecule has 0 fully saturated rings. The lowest BCUT2D eigenvalue weighted by atomic mass is 9.97. The fourth-order valence-corrected chi connectivity index (χ4v) is 2.87. The van der Waals surface area contributed by atoms with Crippen LogP contribution >= 0.6 is 15.9 Å². The van der Waals surface area contributed by atoms with Crippen LogP contribution in [0.25, 0.3) is 0 Å². The van der Waals surface area contributed by atoms with Gasteiger partial charge in [0.05, 0.1) is 4.47 Å². The molecule has 0 spiro atoms. The molecule has 5 heteroatoms. The molecule has 1 aliphatic heterocycles. The summed E-state index contributed by atoms with van der Waals surface area (Å²) in [6.07, 6.45) is 0.769. The Balaban J connectivity index is 1.99. The van der Waals surface area contributed by atoms with Crippen LogP contribution in [0.1, 0.15) is 15.9 Å². The van der Waals surface area contributed by atoms with Gasteiger partial charge in [-0.1, -0.05) is 18.2 Å². The number of rotatable bonds is 1. The van der Waals surface area contributed by atoms with E-state index in [1.54, 1.807) is 17.0 Å². The molecule has 21 heavy (non-hydrogen) atoms. The van der Waals surface area contributed by atoms with E-state index in [-0.39, 0.29) is 17.7 Å². The molecule has 0 saturated heterocycles. The first-order valence-corrected chi connectivity index (χ1v) is 7.49. The van der Waals surface area contributed by atoms with Crippen molar-refractivity contribution < 1.29 is 9.90 Å².